The summed E-state index contributed by atoms with van der Waals surface area (Å²) in [6.07, 6.45) is 11.8. The predicted molar refractivity (Wildman–Crippen MR) is 116 cm³/mol. The van der Waals surface area contributed by atoms with Crippen molar-refractivity contribution in [2.75, 3.05) is 14.2 Å². The van der Waals surface area contributed by atoms with Gasteiger partial charge in [0, 0.05) is 11.4 Å². The van der Waals surface area contributed by atoms with Crippen LogP contribution in [0.1, 0.15) is 76.6 Å². The van der Waals surface area contributed by atoms with Crippen LogP contribution in [0.3, 0.4) is 0 Å². The van der Waals surface area contributed by atoms with E-state index in [9.17, 15) is 0 Å². The molecule has 2 heterocycles. The number of rotatable bonds is 13. The van der Waals surface area contributed by atoms with Crippen LogP contribution in [0.5, 0.6) is 11.5 Å². The normalized spacial score (nSPS) is 10.9. The fourth-order valence-corrected chi connectivity index (χ4v) is 3.39. The summed E-state index contributed by atoms with van der Waals surface area (Å²) >= 11 is 0. The van der Waals surface area contributed by atoms with Gasteiger partial charge in [0.05, 0.1) is 14.2 Å². The Bertz CT molecular complexity index is 654. The summed E-state index contributed by atoms with van der Waals surface area (Å²) in [6, 6.07) is 8.14. The molecule has 0 atom stereocenters. The van der Waals surface area contributed by atoms with Gasteiger partial charge in [-0.25, -0.2) is 9.97 Å². The second kappa shape index (κ2) is 12.4. The topological polar surface area (TPSA) is 44.2 Å². The Labute approximate surface area is 170 Å². The van der Waals surface area contributed by atoms with Gasteiger partial charge in [0.25, 0.3) is 0 Å². The average molecular weight is 385 g/mol. The van der Waals surface area contributed by atoms with Gasteiger partial charge >= 0.3 is 0 Å². The molecule has 0 aromatic carbocycles. The minimum absolute atomic E-state index is 0.742. The molecule has 0 saturated carbocycles. The maximum Gasteiger partial charge on any atom is 0.146 e. The van der Waals surface area contributed by atoms with Crippen LogP contribution in [-0.4, -0.2) is 24.2 Å². The van der Waals surface area contributed by atoms with E-state index in [4.69, 9.17) is 19.4 Å². The van der Waals surface area contributed by atoms with Crippen molar-refractivity contribution in [1.82, 2.24) is 9.97 Å². The SMILES string of the molecule is CCCCCCc1ccc(OC)c(-c2nc(CCCCCC)ccc2OC)n1. The Hall–Kier alpha value is -2.10. The third-order valence-corrected chi connectivity index (χ3v) is 5.07. The number of unbranched alkanes of at least 4 members (excludes halogenated alkanes) is 6. The highest BCUT2D eigenvalue weighted by molar-refractivity contribution is 5.69. The van der Waals surface area contributed by atoms with Gasteiger partial charge in [0.1, 0.15) is 22.9 Å². The first kappa shape index (κ1) is 22.2. The van der Waals surface area contributed by atoms with Gasteiger partial charge in [-0.2, -0.15) is 0 Å². The van der Waals surface area contributed by atoms with Crippen molar-refractivity contribution in [2.24, 2.45) is 0 Å². The number of hydrogen-bond donors (Lipinski definition) is 0. The molecule has 4 nitrogen and oxygen atoms in total. The van der Waals surface area contributed by atoms with Crippen LogP contribution in [0.15, 0.2) is 24.3 Å². The molecule has 0 aliphatic heterocycles. The molecule has 2 rings (SSSR count). The molecule has 28 heavy (non-hydrogen) atoms. The summed E-state index contributed by atoms with van der Waals surface area (Å²) in [5.74, 6) is 1.48. The first-order chi connectivity index (χ1) is 13.7. The molecule has 0 spiro atoms. The minimum atomic E-state index is 0.742. The summed E-state index contributed by atoms with van der Waals surface area (Å²) in [6.45, 7) is 4.47. The second-order valence-corrected chi connectivity index (χ2v) is 7.33. The van der Waals surface area contributed by atoms with Gasteiger partial charge in [0.15, 0.2) is 0 Å². The third kappa shape index (κ3) is 6.50. The summed E-state index contributed by atoms with van der Waals surface area (Å²) in [4.78, 5) is 9.81. The van der Waals surface area contributed by atoms with Crippen LogP contribution in [-0.2, 0) is 12.8 Å². The van der Waals surface area contributed by atoms with E-state index in [1.165, 1.54) is 38.5 Å². The molecule has 0 fully saturated rings. The van der Waals surface area contributed by atoms with Gasteiger partial charge < -0.3 is 9.47 Å². The number of aromatic nitrogens is 2. The highest BCUT2D eigenvalue weighted by Gasteiger charge is 2.16. The van der Waals surface area contributed by atoms with E-state index in [2.05, 4.69) is 26.0 Å². The van der Waals surface area contributed by atoms with Crippen molar-refractivity contribution >= 4 is 0 Å². The Morgan fingerprint density at radius 3 is 1.39 bits per heavy atom. The molecule has 0 N–H and O–H groups in total. The van der Waals surface area contributed by atoms with Crippen LogP contribution in [0.4, 0.5) is 0 Å². The van der Waals surface area contributed by atoms with E-state index in [1.807, 2.05) is 12.1 Å². The van der Waals surface area contributed by atoms with Gasteiger partial charge in [-0.05, 0) is 49.9 Å². The van der Waals surface area contributed by atoms with Crippen LogP contribution in [0, 0.1) is 0 Å². The number of aryl methyl sites for hydroxylation is 2. The van der Waals surface area contributed by atoms with E-state index in [1.54, 1.807) is 14.2 Å². The van der Waals surface area contributed by atoms with Crippen molar-refractivity contribution < 1.29 is 9.47 Å². The lowest BCUT2D eigenvalue weighted by Gasteiger charge is -2.14. The van der Waals surface area contributed by atoms with Crippen molar-refractivity contribution in [1.29, 1.82) is 0 Å². The molecule has 0 radical (unpaired) electrons. The maximum absolute atomic E-state index is 5.59. The minimum Gasteiger partial charge on any atom is -0.494 e. The lowest BCUT2D eigenvalue weighted by molar-refractivity contribution is 0.407. The molecule has 0 aliphatic carbocycles. The monoisotopic (exact) mass is 384 g/mol. The van der Waals surface area contributed by atoms with E-state index < -0.39 is 0 Å². The Balaban J connectivity index is 2.26. The van der Waals surface area contributed by atoms with E-state index in [0.29, 0.717) is 0 Å². The van der Waals surface area contributed by atoms with E-state index >= 15 is 0 Å². The molecule has 4 heteroatoms. The number of ether oxygens (including phenoxy) is 2. The molecule has 0 bridgehead atoms. The first-order valence-electron chi connectivity index (χ1n) is 10.8. The van der Waals surface area contributed by atoms with Crippen molar-refractivity contribution in [2.45, 2.75) is 78.1 Å². The van der Waals surface area contributed by atoms with Crippen LogP contribution < -0.4 is 9.47 Å². The molecular formula is C24H36N2O2. The fraction of sp³-hybridized carbons (Fsp3) is 0.583. The standard InChI is InChI=1S/C24H36N2O2/c1-5-7-9-11-13-19-15-17-21(27-3)23(25-19)24-22(28-4)18-16-20(26-24)14-12-10-8-6-2/h15-18H,5-14H2,1-4H3. The number of hydrogen-bond acceptors (Lipinski definition) is 4. The maximum atomic E-state index is 5.59. The van der Waals surface area contributed by atoms with Gasteiger partial charge in [-0.3, -0.25) is 0 Å². The largest absolute Gasteiger partial charge is 0.494 e. The Morgan fingerprint density at radius 2 is 1.04 bits per heavy atom. The molecular weight excluding hydrogens is 348 g/mol. The molecule has 0 aliphatic rings. The quantitative estimate of drug-likeness (QED) is 0.374. The smallest absolute Gasteiger partial charge is 0.146 e. The number of nitrogens with zero attached hydrogens (tertiary/aromatic N) is 2. The van der Waals surface area contributed by atoms with Crippen LogP contribution in [0.25, 0.3) is 11.4 Å². The zero-order valence-corrected chi connectivity index (χ0v) is 18.1. The van der Waals surface area contributed by atoms with Crippen molar-refractivity contribution in [3.05, 3.63) is 35.7 Å². The van der Waals surface area contributed by atoms with Crippen LogP contribution in [0.2, 0.25) is 0 Å². The molecule has 0 saturated heterocycles. The summed E-state index contributed by atoms with van der Waals surface area (Å²) in [5, 5.41) is 0. The van der Waals surface area contributed by atoms with E-state index in [0.717, 1.165) is 60.0 Å². The molecule has 2 aromatic rings. The Kier molecular flexibility index (Phi) is 9.81. The van der Waals surface area contributed by atoms with Crippen molar-refractivity contribution in [3.63, 3.8) is 0 Å². The lowest BCUT2D eigenvalue weighted by Crippen LogP contribution is -2.02. The third-order valence-electron chi connectivity index (χ3n) is 5.07. The van der Waals surface area contributed by atoms with E-state index in [-0.39, 0.29) is 0 Å². The van der Waals surface area contributed by atoms with Gasteiger partial charge in [-0.15, -0.1) is 0 Å². The number of methoxy groups -OCH3 is 2. The average Bonchev–Trinajstić information content (AvgIpc) is 2.74. The zero-order valence-electron chi connectivity index (χ0n) is 18.1. The first-order valence-corrected chi connectivity index (χ1v) is 10.8. The summed E-state index contributed by atoms with van der Waals surface area (Å²) in [5.41, 5.74) is 3.73. The number of pyridine rings is 2. The molecule has 2 aromatic heterocycles. The van der Waals surface area contributed by atoms with Crippen LogP contribution >= 0.6 is 0 Å². The highest BCUT2D eigenvalue weighted by atomic mass is 16.5. The fourth-order valence-electron chi connectivity index (χ4n) is 3.39. The zero-order chi connectivity index (χ0) is 20.2. The van der Waals surface area contributed by atoms with Crippen molar-refractivity contribution in [3.8, 4) is 22.9 Å². The predicted octanol–water partition coefficient (Wildman–Crippen LogP) is 6.41. The lowest BCUT2D eigenvalue weighted by atomic mass is 10.1. The van der Waals surface area contributed by atoms with Gasteiger partial charge in [-0.1, -0.05) is 52.4 Å². The highest BCUT2D eigenvalue weighted by Crippen LogP contribution is 2.34. The van der Waals surface area contributed by atoms with Gasteiger partial charge in [0.2, 0.25) is 0 Å². The Morgan fingerprint density at radius 1 is 0.607 bits per heavy atom. The summed E-state index contributed by atoms with van der Waals surface area (Å²) in [7, 11) is 3.37. The summed E-state index contributed by atoms with van der Waals surface area (Å²) < 4.78 is 11.2. The molecule has 154 valence electrons. The second-order valence-electron chi connectivity index (χ2n) is 7.33. The molecule has 0 amide bonds. The molecule has 0 unspecified atom stereocenters.